The molecule has 0 aliphatic carbocycles. The molecule has 0 saturated carbocycles. The molecule has 4 rings (SSSR count). The quantitative estimate of drug-likeness (QED) is 0.402. The summed E-state index contributed by atoms with van der Waals surface area (Å²) in [5, 5.41) is 22.8. The first kappa shape index (κ1) is 26.7. The normalized spacial score (nSPS) is 18.5. The molecule has 37 heavy (non-hydrogen) atoms. The van der Waals surface area contributed by atoms with Crippen LogP contribution in [0.15, 0.2) is 60.7 Å². The Morgan fingerprint density at radius 3 is 2.57 bits per heavy atom. The van der Waals surface area contributed by atoms with Crippen molar-refractivity contribution in [2.24, 2.45) is 0 Å². The van der Waals surface area contributed by atoms with Crippen molar-refractivity contribution in [2.45, 2.75) is 51.4 Å². The van der Waals surface area contributed by atoms with E-state index < -0.39 is 11.8 Å². The largest absolute Gasteiger partial charge is 0.528 e. The van der Waals surface area contributed by atoms with Crippen LogP contribution in [0.1, 0.15) is 44.2 Å². The number of carbonyl (C=O) groups excluding carboxylic acids is 1. The van der Waals surface area contributed by atoms with Gasteiger partial charge in [0.05, 0.1) is 25.9 Å². The molecule has 1 aliphatic heterocycles. The molecule has 0 spiro atoms. The van der Waals surface area contributed by atoms with Crippen molar-refractivity contribution in [3.05, 3.63) is 71.8 Å². The Bertz CT molecular complexity index is 1190. The van der Waals surface area contributed by atoms with Gasteiger partial charge in [0.15, 0.2) is 0 Å². The summed E-state index contributed by atoms with van der Waals surface area (Å²) in [5.74, 6) is 0.956. The number of phenols is 1. The fourth-order valence-electron chi connectivity index (χ4n) is 4.51. The Labute approximate surface area is 217 Å². The van der Waals surface area contributed by atoms with E-state index in [1.54, 1.807) is 31.9 Å². The van der Waals surface area contributed by atoms with E-state index in [0.29, 0.717) is 25.3 Å². The average Bonchev–Trinajstić information content (AvgIpc) is 2.85. The lowest BCUT2D eigenvalue weighted by Crippen LogP contribution is -2.45. The zero-order valence-corrected chi connectivity index (χ0v) is 21.6. The van der Waals surface area contributed by atoms with Crippen LogP contribution in [0.25, 0.3) is 10.8 Å². The lowest BCUT2D eigenvalue weighted by atomic mass is 9.87. The van der Waals surface area contributed by atoms with Crippen molar-refractivity contribution in [3.63, 3.8) is 0 Å². The Kier molecular flexibility index (Phi) is 8.53. The molecule has 3 aromatic carbocycles. The number of benzene rings is 3. The van der Waals surface area contributed by atoms with Crippen molar-refractivity contribution in [2.75, 3.05) is 26.3 Å². The average molecular weight is 510 g/mol. The number of hydroxylamine groups is 2. The van der Waals surface area contributed by atoms with E-state index in [0.717, 1.165) is 21.9 Å². The molecule has 1 aliphatic rings. The maximum atomic E-state index is 12.3. The molecule has 1 heterocycles. The van der Waals surface area contributed by atoms with Gasteiger partial charge in [-0.25, -0.2) is 4.79 Å². The molecule has 8 nitrogen and oxygen atoms in total. The van der Waals surface area contributed by atoms with Crippen LogP contribution >= 0.6 is 0 Å². The van der Waals surface area contributed by atoms with Crippen molar-refractivity contribution in [1.82, 2.24) is 5.06 Å². The van der Waals surface area contributed by atoms with E-state index >= 15 is 0 Å². The molecule has 0 radical (unpaired) electrons. The topological polar surface area (TPSA) is 97.7 Å². The molecule has 8 heteroatoms. The van der Waals surface area contributed by atoms with Crippen LogP contribution in [-0.4, -0.2) is 59.4 Å². The fourth-order valence-corrected chi connectivity index (χ4v) is 4.51. The van der Waals surface area contributed by atoms with Crippen LogP contribution in [0.2, 0.25) is 0 Å². The highest BCUT2D eigenvalue weighted by Crippen LogP contribution is 2.33. The van der Waals surface area contributed by atoms with Gasteiger partial charge in [-0.05, 0) is 68.0 Å². The van der Waals surface area contributed by atoms with Crippen LogP contribution in [0.3, 0.4) is 0 Å². The first-order chi connectivity index (χ1) is 17.7. The number of phenolic OH excluding ortho intramolecular Hbond substituents is 1. The molecule has 3 aromatic rings. The van der Waals surface area contributed by atoms with E-state index in [2.05, 4.69) is 0 Å². The number of rotatable bonds is 8. The number of nitrogens with zero attached hydrogens (tertiary/aromatic N) is 1. The van der Waals surface area contributed by atoms with Gasteiger partial charge in [0.2, 0.25) is 0 Å². The molecular weight excluding hydrogens is 474 g/mol. The molecule has 2 N–H and O–H groups in total. The minimum atomic E-state index is -0.741. The van der Waals surface area contributed by atoms with Gasteiger partial charge < -0.3 is 29.3 Å². The molecule has 2 atom stereocenters. The predicted molar refractivity (Wildman–Crippen MR) is 139 cm³/mol. The number of aromatic hydroxyl groups is 1. The minimum absolute atomic E-state index is 0.0436. The summed E-state index contributed by atoms with van der Waals surface area (Å²) in [5.41, 5.74) is 1.29. The highest BCUT2D eigenvalue weighted by atomic mass is 16.8. The predicted octanol–water partition coefficient (Wildman–Crippen LogP) is 5.16. The zero-order chi connectivity index (χ0) is 26.4. The second kappa shape index (κ2) is 11.8. The molecule has 0 aromatic heterocycles. The van der Waals surface area contributed by atoms with Gasteiger partial charge in [-0.3, -0.25) is 0 Å². The summed E-state index contributed by atoms with van der Waals surface area (Å²) in [6, 6.07) is 19.2. The highest BCUT2D eigenvalue weighted by Gasteiger charge is 2.34. The molecule has 0 bridgehead atoms. The summed E-state index contributed by atoms with van der Waals surface area (Å²) in [4.78, 5) is 17.7. The van der Waals surface area contributed by atoms with Crippen LogP contribution in [0, 0.1) is 0 Å². The summed E-state index contributed by atoms with van der Waals surface area (Å²) >= 11 is 0. The summed E-state index contributed by atoms with van der Waals surface area (Å²) in [6.07, 6.45) is -0.323. The second-order valence-corrected chi connectivity index (χ2v) is 10.2. The van der Waals surface area contributed by atoms with Gasteiger partial charge in [-0.2, -0.15) is 0 Å². The van der Waals surface area contributed by atoms with E-state index in [1.165, 1.54) is 0 Å². The number of piperidine rings is 1. The molecule has 0 amide bonds. The number of ether oxygens (including phenoxy) is 3. The SMILES string of the molecule is CC(C)(C)OC(=O)ON1CCC(c2ccc(OCCO)cc2)C(OCc2cc(O)c3ccccc3c2)C1. The smallest absolute Gasteiger partial charge is 0.507 e. The van der Waals surface area contributed by atoms with Crippen molar-refractivity contribution in [1.29, 1.82) is 0 Å². The highest BCUT2D eigenvalue weighted by molar-refractivity contribution is 5.88. The lowest BCUT2D eigenvalue weighted by molar-refractivity contribution is -0.179. The van der Waals surface area contributed by atoms with Gasteiger partial charge in [0.25, 0.3) is 0 Å². The molecular formula is C29H35NO7. The van der Waals surface area contributed by atoms with Gasteiger partial charge >= 0.3 is 6.16 Å². The van der Waals surface area contributed by atoms with Crippen molar-refractivity contribution in [3.8, 4) is 11.5 Å². The second-order valence-electron chi connectivity index (χ2n) is 10.2. The standard InChI is InChI=1S/C29H35NO7/c1-29(2,3)36-28(33)37-30-13-12-25(21-8-10-23(11-9-21)34-15-14-31)27(18-30)35-19-20-16-22-6-4-5-7-24(22)26(32)17-20/h4-11,16-17,25,27,31-32H,12-15,18-19H2,1-3H3. The Hall–Kier alpha value is -3.33. The van der Waals surface area contributed by atoms with Gasteiger partial charge in [0.1, 0.15) is 23.7 Å². The van der Waals surface area contributed by atoms with Gasteiger partial charge in [0, 0.05) is 17.8 Å². The first-order valence-corrected chi connectivity index (χ1v) is 12.5. The molecule has 2 unspecified atom stereocenters. The summed E-state index contributed by atoms with van der Waals surface area (Å²) < 4.78 is 17.2. The maximum Gasteiger partial charge on any atom is 0.528 e. The third-order valence-electron chi connectivity index (χ3n) is 6.15. The minimum Gasteiger partial charge on any atom is -0.507 e. The van der Waals surface area contributed by atoms with E-state index in [1.807, 2.05) is 54.6 Å². The molecule has 1 fully saturated rings. The van der Waals surface area contributed by atoms with E-state index in [-0.39, 0.29) is 37.6 Å². The van der Waals surface area contributed by atoms with Crippen LogP contribution in [-0.2, 0) is 20.9 Å². The monoisotopic (exact) mass is 509 g/mol. The Morgan fingerprint density at radius 2 is 1.84 bits per heavy atom. The molecule has 1 saturated heterocycles. The third-order valence-corrected chi connectivity index (χ3v) is 6.15. The number of hydrogen-bond donors (Lipinski definition) is 2. The third kappa shape index (κ3) is 7.35. The van der Waals surface area contributed by atoms with E-state index in [9.17, 15) is 9.90 Å². The van der Waals surface area contributed by atoms with Crippen molar-refractivity contribution >= 4 is 16.9 Å². The van der Waals surface area contributed by atoms with Gasteiger partial charge in [-0.15, -0.1) is 5.06 Å². The number of fused-ring (bicyclic) bond motifs is 1. The molecule has 198 valence electrons. The Morgan fingerprint density at radius 1 is 1.08 bits per heavy atom. The summed E-state index contributed by atoms with van der Waals surface area (Å²) in [7, 11) is 0. The number of carbonyl (C=O) groups is 1. The van der Waals surface area contributed by atoms with E-state index in [4.69, 9.17) is 24.2 Å². The van der Waals surface area contributed by atoms with Crippen molar-refractivity contribution < 1.29 is 34.1 Å². The van der Waals surface area contributed by atoms with Crippen LogP contribution < -0.4 is 4.74 Å². The van der Waals surface area contributed by atoms with Crippen LogP contribution in [0.4, 0.5) is 4.79 Å². The first-order valence-electron chi connectivity index (χ1n) is 12.5. The number of aliphatic hydroxyl groups is 1. The maximum absolute atomic E-state index is 12.3. The zero-order valence-electron chi connectivity index (χ0n) is 21.6. The van der Waals surface area contributed by atoms with Gasteiger partial charge in [-0.1, -0.05) is 36.4 Å². The lowest BCUT2D eigenvalue weighted by Gasteiger charge is -2.37. The number of aliphatic hydroxyl groups excluding tert-OH is 1. The summed E-state index contributed by atoms with van der Waals surface area (Å²) in [6.45, 7) is 6.76. The fraction of sp³-hybridized carbons (Fsp3) is 0.414. The number of hydrogen-bond acceptors (Lipinski definition) is 8. The Balaban J connectivity index is 1.50. The van der Waals surface area contributed by atoms with Crippen LogP contribution in [0.5, 0.6) is 11.5 Å².